The van der Waals surface area contributed by atoms with Crippen LogP contribution in [0.2, 0.25) is 0 Å². The van der Waals surface area contributed by atoms with Crippen LogP contribution in [0.25, 0.3) is 0 Å². The van der Waals surface area contributed by atoms with Gasteiger partial charge in [0, 0.05) is 5.69 Å². The molecule has 3 nitrogen and oxygen atoms in total. The molecule has 0 bridgehead atoms. The standard InChI is InChI=1S/C19H24N2O.ClH/c1-19(2,3)18(15-7-5-4-6-8-15)21-17(22)13-14-9-11-16(20)12-10-14;/h4-12,18H,13,20H2,1-3H3,(H,21,22);1H. The number of nitrogen functional groups attached to an aromatic ring is 1. The van der Waals surface area contributed by atoms with Crippen molar-refractivity contribution in [1.82, 2.24) is 5.32 Å². The second kappa shape index (κ2) is 8.02. The van der Waals surface area contributed by atoms with Crippen LogP contribution < -0.4 is 11.1 Å². The van der Waals surface area contributed by atoms with E-state index in [0.717, 1.165) is 11.1 Å². The van der Waals surface area contributed by atoms with Crippen molar-refractivity contribution in [1.29, 1.82) is 0 Å². The summed E-state index contributed by atoms with van der Waals surface area (Å²) in [6, 6.07) is 17.5. The van der Waals surface area contributed by atoms with Crippen molar-refractivity contribution < 1.29 is 4.79 Å². The van der Waals surface area contributed by atoms with Gasteiger partial charge >= 0.3 is 0 Å². The SMILES string of the molecule is CC(C)(C)C(NC(=O)Cc1ccc(N)cc1)c1ccccc1.Cl. The molecule has 23 heavy (non-hydrogen) atoms. The highest BCUT2D eigenvalue weighted by Crippen LogP contribution is 2.32. The molecule has 0 fully saturated rings. The lowest BCUT2D eigenvalue weighted by Gasteiger charge is -2.32. The Morgan fingerprint density at radius 1 is 1.04 bits per heavy atom. The molecular formula is C19H25ClN2O. The van der Waals surface area contributed by atoms with Gasteiger partial charge in [-0.2, -0.15) is 0 Å². The van der Waals surface area contributed by atoms with E-state index < -0.39 is 0 Å². The summed E-state index contributed by atoms with van der Waals surface area (Å²) in [4.78, 5) is 12.4. The Labute approximate surface area is 144 Å². The van der Waals surface area contributed by atoms with Gasteiger partial charge in [-0.25, -0.2) is 0 Å². The Hall–Kier alpha value is -2.00. The number of carbonyl (C=O) groups excluding carboxylic acids is 1. The molecule has 0 saturated carbocycles. The number of anilines is 1. The third-order valence-electron chi connectivity index (χ3n) is 3.65. The largest absolute Gasteiger partial charge is 0.399 e. The van der Waals surface area contributed by atoms with Gasteiger partial charge in [0.1, 0.15) is 0 Å². The summed E-state index contributed by atoms with van der Waals surface area (Å²) in [6.45, 7) is 6.40. The van der Waals surface area contributed by atoms with Crippen LogP contribution >= 0.6 is 12.4 Å². The van der Waals surface area contributed by atoms with Crippen molar-refractivity contribution in [3.63, 3.8) is 0 Å². The van der Waals surface area contributed by atoms with Gasteiger partial charge in [-0.3, -0.25) is 4.79 Å². The summed E-state index contributed by atoms with van der Waals surface area (Å²) in [7, 11) is 0. The number of hydrogen-bond donors (Lipinski definition) is 2. The van der Waals surface area contributed by atoms with Gasteiger partial charge in [0.15, 0.2) is 0 Å². The molecule has 0 spiro atoms. The smallest absolute Gasteiger partial charge is 0.224 e. The van der Waals surface area contributed by atoms with Crippen LogP contribution in [0.4, 0.5) is 5.69 Å². The number of nitrogens with one attached hydrogen (secondary N) is 1. The third-order valence-corrected chi connectivity index (χ3v) is 3.65. The molecule has 0 aromatic heterocycles. The van der Waals surface area contributed by atoms with Crippen LogP contribution in [-0.2, 0) is 11.2 Å². The van der Waals surface area contributed by atoms with Gasteiger partial charge in [-0.15, -0.1) is 12.4 Å². The minimum atomic E-state index is -0.0574. The Kier molecular flexibility index (Phi) is 6.64. The van der Waals surface area contributed by atoms with Crippen molar-refractivity contribution >= 4 is 24.0 Å². The number of benzene rings is 2. The number of hydrogen-bond acceptors (Lipinski definition) is 2. The van der Waals surface area contributed by atoms with Gasteiger partial charge < -0.3 is 11.1 Å². The first kappa shape index (κ1) is 19.0. The fourth-order valence-electron chi connectivity index (χ4n) is 2.48. The lowest BCUT2D eigenvalue weighted by Crippen LogP contribution is -2.37. The molecule has 2 aromatic carbocycles. The maximum absolute atomic E-state index is 12.4. The molecule has 0 saturated heterocycles. The average molecular weight is 333 g/mol. The molecule has 1 amide bonds. The van der Waals surface area contributed by atoms with Crippen LogP contribution in [0.3, 0.4) is 0 Å². The summed E-state index contributed by atoms with van der Waals surface area (Å²) in [5.41, 5.74) is 8.41. The molecule has 0 aliphatic rings. The lowest BCUT2D eigenvalue weighted by molar-refractivity contribution is -0.122. The summed E-state index contributed by atoms with van der Waals surface area (Å²) < 4.78 is 0. The Bertz CT molecular complexity index is 618. The minimum absolute atomic E-state index is 0. The molecule has 1 unspecified atom stereocenters. The molecule has 4 heteroatoms. The lowest BCUT2D eigenvalue weighted by atomic mass is 9.82. The van der Waals surface area contributed by atoms with Crippen LogP contribution in [0, 0.1) is 5.41 Å². The van der Waals surface area contributed by atoms with Crippen molar-refractivity contribution in [3.05, 3.63) is 65.7 Å². The summed E-state index contributed by atoms with van der Waals surface area (Å²) in [6.07, 6.45) is 0.361. The van der Waals surface area contributed by atoms with Gasteiger partial charge in [0.2, 0.25) is 5.91 Å². The summed E-state index contributed by atoms with van der Waals surface area (Å²) in [5, 5.41) is 3.17. The van der Waals surface area contributed by atoms with E-state index in [0.29, 0.717) is 12.1 Å². The molecule has 0 heterocycles. The monoisotopic (exact) mass is 332 g/mol. The van der Waals surface area contributed by atoms with Gasteiger partial charge in [-0.1, -0.05) is 63.2 Å². The maximum atomic E-state index is 12.4. The van der Waals surface area contributed by atoms with Crippen LogP contribution in [-0.4, -0.2) is 5.91 Å². The predicted molar refractivity (Wildman–Crippen MR) is 98.6 cm³/mol. The molecule has 2 rings (SSSR count). The van der Waals surface area contributed by atoms with Crippen molar-refractivity contribution in [3.8, 4) is 0 Å². The number of carbonyl (C=O) groups is 1. The van der Waals surface area contributed by atoms with Crippen molar-refractivity contribution in [2.24, 2.45) is 5.41 Å². The van der Waals surface area contributed by atoms with E-state index in [1.807, 2.05) is 42.5 Å². The van der Waals surface area contributed by atoms with E-state index >= 15 is 0 Å². The highest BCUT2D eigenvalue weighted by Gasteiger charge is 2.27. The van der Waals surface area contributed by atoms with Gasteiger partial charge in [0.25, 0.3) is 0 Å². The number of nitrogens with two attached hydrogens (primary N) is 1. The molecule has 2 aromatic rings. The first-order chi connectivity index (χ1) is 10.4. The minimum Gasteiger partial charge on any atom is -0.399 e. The molecule has 0 aliphatic carbocycles. The summed E-state index contributed by atoms with van der Waals surface area (Å²) >= 11 is 0. The molecule has 0 aliphatic heterocycles. The first-order valence-corrected chi connectivity index (χ1v) is 7.55. The zero-order chi connectivity index (χ0) is 16.2. The first-order valence-electron chi connectivity index (χ1n) is 7.55. The van der Waals surface area contributed by atoms with Crippen LogP contribution in [0.15, 0.2) is 54.6 Å². The van der Waals surface area contributed by atoms with E-state index in [-0.39, 0.29) is 29.8 Å². The highest BCUT2D eigenvalue weighted by atomic mass is 35.5. The van der Waals surface area contributed by atoms with Crippen LogP contribution in [0.1, 0.15) is 37.9 Å². The Morgan fingerprint density at radius 2 is 1.61 bits per heavy atom. The fraction of sp³-hybridized carbons (Fsp3) is 0.316. The zero-order valence-electron chi connectivity index (χ0n) is 13.9. The molecule has 0 radical (unpaired) electrons. The number of rotatable bonds is 4. The second-order valence-corrected chi connectivity index (χ2v) is 6.70. The van der Waals surface area contributed by atoms with E-state index in [4.69, 9.17) is 5.73 Å². The van der Waals surface area contributed by atoms with E-state index in [2.05, 4.69) is 38.2 Å². The van der Waals surface area contributed by atoms with E-state index in [1.165, 1.54) is 0 Å². The fourth-order valence-corrected chi connectivity index (χ4v) is 2.48. The second-order valence-electron chi connectivity index (χ2n) is 6.70. The third kappa shape index (κ3) is 5.61. The Morgan fingerprint density at radius 3 is 2.13 bits per heavy atom. The van der Waals surface area contributed by atoms with E-state index in [1.54, 1.807) is 0 Å². The van der Waals surface area contributed by atoms with E-state index in [9.17, 15) is 4.79 Å². The zero-order valence-corrected chi connectivity index (χ0v) is 14.7. The quantitative estimate of drug-likeness (QED) is 0.827. The number of amides is 1. The van der Waals surface area contributed by atoms with Crippen molar-refractivity contribution in [2.45, 2.75) is 33.2 Å². The van der Waals surface area contributed by atoms with Gasteiger partial charge in [-0.05, 0) is 28.7 Å². The normalized spacial score (nSPS) is 12.1. The van der Waals surface area contributed by atoms with Gasteiger partial charge in [0.05, 0.1) is 12.5 Å². The predicted octanol–water partition coefficient (Wildman–Crippen LogP) is 4.14. The number of halogens is 1. The molecule has 1 atom stereocenters. The molecular weight excluding hydrogens is 308 g/mol. The molecule has 124 valence electrons. The summed E-state index contributed by atoms with van der Waals surface area (Å²) in [5.74, 6) is 0.0218. The highest BCUT2D eigenvalue weighted by molar-refractivity contribution is 5.85. The molecule has 3 N–H and O–H groups in total. The Balaban J connectivity index is 0.00000264. The van der Waals surface area contributed by atoms with Crippen molar-refractivity contribution in [2.75, 3.05) is 5.73 Å². The van der Waals surface area contributed by atoms with Crippen LogP contribution in [0.5, 0.6) is 0 Å². The topological polar surface area (TPSA) is 55.1 Å². The maximum Gasteiger partial charge on any atom is 0.224 e. The average Bonchev–Trinajstić information content (AvgIpc) is 2.47.